The normalized spacial score (nSPS) is 12.0. The molecule has 0 saturated heterocycles. The van der Waals surface area contributed by atoms with E-state index < -0.39 is 10.0 Å². The summed E-state index contributed by atoms with van der Waals surface area (Å²) in [5, 5.41) is 0.792. The summed E-state index contributed by atoms with van der Waals surface area (Å²) in [5.74, 6) is 0. The Bertz CT molecular complexity index is 805. The minimum absolute atomic E-state index is 0.323. The third-order valence-electron chi connectivity index (χ3n) is 2.61. The van der Waals surface area contributed by atoms with Gasteiger partial charge in [0, 0.05) is 4.88 Å². The first-order chi connectivity index (χ1) is 8.74. The summed E-state index contributed by atoms with van der Waals surface area (Å²) in [7, 11) is -3.54. The molecule has 104 valence electrons. The Hall–Kier alpha value is -1.06. The van der Waals surface area contributed by atoms with Crippen molar-refractivity contribution in [3.8, 4) is 0 Å². The Balaban J connectivity index is 2.85. The van der Waals surface area contributed by atoms with Gasteiger partial charge in [0.15, 0.2) is 5.16 Å². The molecule has 2 aromatic heterocycles. The highest BCUT2D eigenvalue weighted by atomic mass is 32.2. The molecule has 0 aliphatic carbocycles. The lowest BCUT2D eigenvalue weighted by molar-refractivity contribution is 0.596. The van der Waals surface area contributed by atoms with E-state index in [4.69, 9.17) is 0 Å². The van der Waals surface area contributed by atoms with Crippen molar-refractivity contribution in [3.05, 3.63) is 20.8 Å². The Kier molecular flexibility index (Phi) is 3.63. The highest BCUT2D eigenvalue weighted by Crippen LogP contribution is 2.27. The molecule has 0 atom stereocenters. The molecule has 6 nitrogen and oxygen atoms in total. The van der Waals surface area contributed by atoms with Crippen molar-refractivity contribution in [2.24, 2.45) is 0 Å². The molecule has 0 aliphatic heterocycles. The number of hydrogen-bond acceptors (Lipinski definition) is 6. The Morgan fingerprint density at radius 1 is 1.37 bits per heavy atom. The quantitative estimate of drug-likeness (QED) is 0.681. The molecule has 0 unspecified atom stereocenters. The molecular formula is C10H13N3O3S3. The maximum Gasteiger partial charge on any atom is 0.282 e. The van der Waals surface area contributed by atoms with Crippen LogP contribution in [-0.2, 0) is 10.0 Å². The molecule has 2 aromatic rings. The number of sulfonamides is 1. The molecule has 19 heavy (non-hydrogen) atoms. The number of thiophene rings is 1. The third-order valence-corrected chi connectivity index (χ3v) is 4.87. The molecule has 0 spiro atoms. The second kappa shape index (κ2) is 4.80. The van der Waals surface area contributed by atoms with Crippen LogP contribution >= 0.6 is 23.1 Å². The van der Waals surface area contributed by atoms with Crippen LogP contribution in [-0.4, -0.2) is 30.6 Å². The van der Waals surface area contributed by atoms with E-state index in [1.165, 1.54) is 23.1 Å². The maximum atomic E-state index is 12.4. The van der Waals surface area contributed by atoms with Crippen LogP contribution in [0.15, 0.2) is 9.95 Å². The Labute approximate surface area is 118 Å². The highest BCUT2D eigenvalue weighted by Gasteiger charge is 2.17. The van der Waals surface area contributed by atoms with Gasteiger partial charge in [-0.1, -0.05) is 11.8 Å². The molecule has 0 aliphatic rings. The van der Waals surface area contributed by atoms with Crippen molar-refractivity contribution < 1.29 is 8.42 Å². The molecule has 2 heterocycles. The fourth-order valence-electron chi connectivity index (χ4n) is 1.66. The fourth-order valence-corrected chi connectivity index (χ4v) is 3.79. The predicted octanol–water partition coefficient (Wildman–Crippen LogP) is 1.30. The average molecular weight is 319 g/mol. The van der Waals surface area contributed by atoms with E-state index in [2.05, 4.69) is 9.82 Å². The molecule has 0 aromatic carbocycles. The number of hydrogen-bond donors (Lipinski definition) is 1. The zero-order chi connectivity index (χ0) is 14.4. The summed E-state index contributed by atoms with van der Waals surface area (Å²) in [6.45, 7) is 3.75. The van der Waals surface area contributed by atoms with Crippen LogP contribution in [0.1, 0.15) is 10.4 Å². The van der Waals surface area contributed by atoms with E-state index in [-0.39, 0.29) is 5.56 Å². The van der Waals surface area contributed by atoms with E-state index in [0.29, 0.717) is 15.4 Å². The SMILES string of the molecule is CSc1nc2sc(C)c(C)c2c(=O)n1NS(C)(=O)=O. The van der Waals surface area contributed by atoms with Crippen LogP contribution in [0.4, 0.5) is 0 Å². The van der Waals surface area contributed by atoms with Crippen molar-refractivity contribution in [2.75, 3.05) is 17.3 Å². The second-order valence-electron chi connectivity index (χ2n) is 4.07. The van der Waals surface area contributed by atoms with E-state index in [9.17, 15) is 13.2 Å². The van der Waals surface area contributed by atoms with Gasteiger partial charge in [-0.25, -0.2) is 18.2 Å². The molecule has 0 saturated carbocycles. The van der Waals surface area contributed by atoms with Crippen molar-refractivity contribution in [1.29, 1.82) is 0 Å². The van der Waals surface area contributed by atoms with Crippen LogP contribution in [0, 0.1) is 13.8 Å². The summed E-state index contributed by atoms with van der Waals surface area (Å²) in [6.07, 6.45) is 2.74. The lowest BCUT2D eigenvalue weighted by atomic mass is 10.2. The first kappa shape index (κ1) is 14.4. The smallest absolute Gasteiger partial charge is 0.267 e. The van der Waals surface area contributed by atoms with E-state index in [1.807, 2.05) is 13.8 Å². The van der Waals surface area contributed by atoms with Gasteiger partial charge < -0.3 is 0 Å². The van der Waals surface area contributed by atoms with Crippen LogP contribution in [0.2, 0.25) is 0 Å². The van der Waals surface area contributed by atoms with Crippen LogP contribution in [0.3, 0.4) is 0 Å². The first-order valence-corrected chi connectivity index (χ1v) is 9.22. The number of nitrogens with one attached hydrogen (secondary N) is 1. The van der Waals surface area contributed by atoms with Gasteiger partial charge in [0.2, 0.25) is 10.0 Å². The van der Waals surface area contributed by atoms with Gasteiger partial charge in [-0.3, -0.25) is 4.79 Å². The minimum Gasteiger partial charge on any atom is -0.267 e. The second-order valence-corrected chi connectivity index (χ2v) is 7.77. The summed E-state index contributed by atoms with van der Waals surface area (Å²) in [5.41, 5.74) is 0.454. The van der Waals surface area contributed by atoms with Crippen molar-refractivity contribution in [3.63, 3.8) is 0 Å². The van der Waals surface area contributed by atoms with Crippen LogP contribution in [0.5, 0.6) is 0 Å². The summed E-state index contributed by atoms with van der Waals surface area (Å²) < 4.78 is 23.7. The summed E-state index contributed by atoms with van der Waals surface area (Å²) >= 11 is 2.65. The van der Waals surface area contributed by atoms with Gasteiger partial charge in [-0.2, -0.15) is 4.68 Å². The van der Waals surface area contributed by atoms with Crippen LogP contribution in [0.25, 0.3) is 10.2 Å². The first-order valence-electron chi connectivity index (χ1n) is 5.29. The van der Waals surface area contributed by atoms with Gasteiger partial charge in [0.1, 0.15) is 4.83 Å². The predicted molar refractivity (Wildman–Crippen MR) is 79.3 cm³/mol. The van der Waals surface area contributed by atoms with Gasteiger partial charge in [-0.05, 0) is 25.7 Å². The molecular weight excluding hydrogens is 306 g/mol. The molecule has 0 radical (unpaired) electrons. The number of aromatic nitrogens is 2. The largest absolute Gasteiger partial charge is 0.282 e. The summed E-state index contributed by atoms with van der Waals surface area (Å²) in [4.78, 5) is 20.6. The Morgan fingerprint density at radius 2 is 2.00 bits per heavy atom. The molecule has 0 fully saturated rings. The highest BCUT2D eigenvalue weighted by molar-refractivity contribution is 7.98. The number of thioether (sulfide) groups is 1. The van der Waals surface area contributed by atoms with Crippen molar-refractivity contribution >= 4 is 43.3 Å². The number of fused-ring (bicyclic) bond motifs is 1. The molecule has 2 rings (SSSR count). The third kappa shape index (κ3) is 2.63. The average Bonchev–Trinajstić information content (AvgIpc) is 2.57. The molecule has 9 heteroatoms. The van der Waals surface area contributed by atoms with Gasteiger partial charge in [-0.15, -0.1) is 11.3 Å². The monoisotopic (exact) mass is 319 g/mol. The molecule has 0 amide bonds. The zero-order valence-electron chi connectivity index (χ0n) is 10.8. The topological polar surface area (TPSA) is 81.1 Å². The van der Waals surface area contributed by atoms with E-state index >= 15 is 0 Å². The maximum absolute atomic E-state index is 12.4. The molecule has 0 bridgehead atoms. The van der Waals surface area contributed by atoms with Crippen molar-refractivity contribution in [2.45, 2.75) is 19.0 Å². The summed E-state index contributed by atoms with van der Waals surface area (Å²) in [6, 6.07) is 0. The van der Waals surface area contributed by atoms with Crippen molar-refractivity contribution in [1.82, 2.24) is 9.66 Å². The number of aryl methyl sites for hydroxylation is 2. The van der Waals surface area contributed by atoms with Gasteiger partial charge >= 0.3 is 0 Å². The zero-order valence-corrected chi connectivity index (χ0v) is 13.3. The van der Waals surface area contributed by atoms with Gasteiger partial charge in [0.25, 0.3) is 5.56 Å². The lowest BCUT2D eigenvalue weighted by Gasteiger charge is -2.11. The Morgan fingerprint density at radius 3 is 2.53 bits per heavy atom. The fraction of sp³-hybridized carbons (Fsp3) is 0.400. The van der Waals surface area contributed by atoms with Gasteiger partial charge in [0.05, 0.1) is 11.6 Å². The lowest BCUT2D eigenvalue weighted by Crippen LogP contribution is -2.34. The minimum atomic E-state index is -3.54. The number of rotatable bonds is 3. The van der Waals surface area contributed by atoms with E-state index in [1.54, 1.807) is 6.26 Å². The number of nitrogens with zero attached hydrogens (tertiary/aromatic N) is 2. The van der Waals surface area contributed by atoms with Crippen LogP contribution < -0.4 is 10.4 Å². The standard InChI is InChI=1S/C10H13N3O3S3/c1-5-6(2)18-8-7(5)9(14)13(10(11-8)17-3)12-19(4,15)16/h12H,1-4H3. The van der Waals surface area contributed by atoms with E-state index in [0.717, 1.165) is 21.4 Å². The molecule has 1 N–H and O–H groups in total.